The van der Waals surface area contributed by atoms with Crippen LogP contribution in [0.3, 0.4) is 0 Å². The third kappa shape index (κ3) is 1.84. The predicted octanol–water partition coefficient (Wildman–Crippen LogP) is 2.65. The van der Waals surface area contributed by atoms with Crippen molar-refractivity contribution < 1.29 is 0 Å². The van der Waals surface area contributed by atoms with Gasteiger partial charge >= 0.3 is 0 Å². The van der Waals surface area contributed by atoms with Gasteiger partial charge in [-0.15, -0.1) is 11.3 Å². The molecule has 1 aromatic heterocycles. The number of thiazole rings is 1. The molecule has 0 spiro atoms. The first kappa shape index (κ1) is 10.1. The molecule has 0 saturated carbocycles. The predicted molar refractivity (Wildman–Crippen MR) is 61.2 cm³/mol. The Balaban J connectivity index is 2.22. The minimum absolute atomic E-state index is 0.621. The molecule has 1 atom stereocenters. The number of hydrogen-bond donors (Lipinski definition) is 1. The quantitative estimate of drug-likeness (QED) is 0.811. The van der Waals surface area contributed by atoms with Crippen LogP contribution in [-0.4, -0.2) is 18.1 Å². The summed E-state index contributed by atoms with van der Waals surface area (Å²) in [6.07, 6.45) is 1.25. The van der Waals surface area contributed by atoms with Gasteiger partial charge in [0.25, 0.3) is 0 Å². The number of rotatable bonds is 2. The van der Waals surface area contributed by atoms with Crippen molar-refractivity contribution in [2.75, 3.05) is 13.1 Å². The van der Waals surface area contributed by atoms with E-state index in [4.69, 9.17) is 4.98 Å². The van der Waals surface area contributed by atoms with Crippen LogP contribution in [0, 0.1) is 6.92 Å². The molecule has 0 amide bonds. The first-order chi connectivity index (χ1) is 6.68. The highest BCUT2D eigenvalue weighted by Gasteiger charge is 2.21. The molecule has 2 heterocycles. The van der Waals surface area contributed by atoms with Gasteiger partial charge in [-0.1, -0.05) is 13.8 Å². The largest absolute Gasteiger partial charge is 0.316 e. The van der Waals surface area contributed by atoms with E-state index in [1.54, 1.807) is 0 Å². The molecule has 1 aliphatic heterocycles. The molecule has 1 fully saturated rings. The fourth-order valence-electron chi connectivity index (χ4n) is 2.01. The fraction of sp³-hybridized carbons (Fsp3) is 0.727. The van der Waals surface area contributed by atoms with Crippen LogP contribution in [0.2, 0.25) is 0 Å². The molecule has 2 rings (SSSR count). The number of nitrogens with zero attached hydrogens (tertiary/aromatic N) is 1. The van der Waals surface area contributed by atoms with Crippen molar-refractivity contribution in [1.82, 2.24) is 10.3 Å². The van der Waals surface area contributed by atoms with Gasteiger partial charge < -0.3 is 5.32 Å². The molecule has 1 saturated heterocycles. The summed E-state index contributed by atoms with van der Waals surface area (Å²) in [4.78, 5) is 6.16. The Morgan fingerprint density at radius 2 is 2.29 bits per heavy atom. The second kappa shape index (κ2) is 3.99. The van der Waals surface area contributed by atoms with Crippen molar-refractivity contribution in [3.8, 4) is 0 Å². The minimum Gasteiger partial charge on any atom is -0.316 e. The van der Waals surface area contributed by atoms with E-state index < -0.39 is 0 Å². The summed E-state index contributed by atoms with van der Waals surface area (Å²) < 4.78 is 0. The van der Waals surface area contributed by atoms with Gasteiger partial charge in [-0.3, -0.25) is 0 Å². The van der Waals surface area contributed by atoms with E-state index in [0.29, 0.717) is 11.8 Å². The van der Waals surface area contributed by atoms with Crippen molar-refractivity contribution in [3.63, 3.8) is 0 Å². The molecule has 1 aliphatic rings. The lowest BCUT2D eigenvalue weighted by atomic mass is 10.1. The summed E-state index contributed by atoms with van der Waals surface area (Å²) >= 11 is 1.91. The van der Waals surface area contributed by atoms with Crippen LogP contribution < -0.4 is 5.32 Å². The number of aryl methyl sites for hydroxylation is 1. The second-order valence-electron chi connectivity index (χ2n) is 4.35. The van der Waals surface area contributed by atoms with Gasteiger partial charge in [-0.05, 0) is 25.8 Å². The molecule has 1 aromatic rings. The molecule has 3 heteroatoms. The third-order valence-electron chi connectivity index (χ3n) is 2.78. The van der Waals surface area contributed by atoms with E-state index in [9.17, 15) is 0 Å². The topological polar surface area (TPSA) is 24.9 Å². The average molecular weight is 210 g/mol. The van der Waals surface area contributed by atoms with Gasteiger partial charge in [0.2, 0.25) is 0 Å². The van der Waals surface area contributed by atoms with E-state index >= 15 is 0 Å². The Bertz CT molecular complexity index is 311. The highest BCUT2D eigenvalue weighted by Crippen LogP contribution is 2.32. The molecule has 2 nitrogen and oxygen atoms in total. The monoisotopic (exact) mass is 210 g/mol. The van der Waals surface area contributed by atoms with Crippen LogP contribution in [0.25, 0.3) is 0 Å². The van der Waals surface area contributed by atoms with Gasteiger partial charge in [0.1, 0.15) is 0 Å². The van der Waals surface area contributed by atoms with E-state index in [2.05, 4.69) is 26.1 Å². The highest BCUT2D eigenvalue weighted by atomic mass is 32.1. The smallest absolute Gasteiger partial charge is 0.0975 e. The van der Waals surface area contributed by atoms with Crippen LogP contribution in [0.4, 0.5) is 0 Å². The fourth-order valence-corrected chi connectivity index (χ4v) is 3.21. The van der Waals surface area contributed by atoms with Crippen LogP contribution in [0.5, 0.6) is 0 Å². The zero-order valence-corrected chi connectivity index (χ0v) is 9.95. The molecule has 0 aromatic carbocycles. The number of aromatic nitrogens is 1. The summed E-state index contributed by atoms with van der Waals surface area (Å²) in [6.45, 7) is 8.90. The molecule has 78 valence electrons. The van der Waals surface area contributed by atoms with E-state index in [-0.39, 0.29) is 0 Å². The lowest BCUT2D eigenvalue weighted by molar-refractivity contribution is 0.752. The molecule has 1 unspecified atom stereocenters. The van der Waals surface area contributed by atoms with Crippen LogP contribution >= 0.6 is 11.3 Å². The Morgan fingerprint density at radius 1 is 1.50 bits per heavy atom. The number of hydrogen-bond acceptors (Lipinski definition) is 3. The Kier molecular flexibility index (Phi) is 2.88. The first-order valence-electron chi connectivity index (χ1n) is 5.36. The zero-order valence-electron chi connectivity index (χ0n) is 9.13. The van der Waals surface area contributed by atoms with Crippen LogP contribution in [0.1, 0.15) is 47.7 Å². The third-order valence-corrected chi connectivity index (χ3v) is 4.40. The summed E-state index contributed by atoms with van der Waals surface area (Å²) in [7, 11) is 0. The van der Waals surface area contributed by atoms with Crippen molar-refractivity contribution in [1.29, 1.82) is 0 Å². The van der Waals surface area contributed by atoms with E-state index in [0.717, 1.165) is 13.1 Å². The van der Waals surface area contributed by atoms with Crippen LogP contribution in [0.15, 0.2) is 0 Å². The lowest BCUT2D eigenvalue weighted by Crippen LogP contribution is -2.07. The van der Waals surface area contributed by atoms with Gasteiger partial charge in [-0.25, -0.2) is 4.98 Å². The summed E-state index contributed by atoms with van der Waals surface area (Å²) in [6, 6.07) is 0. The van der Waals surface area contributed by atoms with E-state index in [1.807, 2.05) is 11.3 Å². The van der Waals surface area contributed by atoms with Crippen molar-refractivity contribution in [2.24, 2.45) is 0 Å². The maximum absolute atomic E-state index is 4.69. The second-order valence-corrected chi connectivity index (χ2v) is 5.41. The molecular formula is C11H18N2S. The van der Waals surface area contributed by atoms with Crippen molar-refractivity contribution in [3.05, 3.63) is 15.6 Å². The van der Waals surface area contributed by atoms with Gasteiger partial charge in [0.15, 0.2) is 0 Å². The SMILES string of the molecule is Cc1nc(C2CCNC2)sc1C(C)C. The standard InChI is InChI=1S/C11H18N2S/c1-7(2)10-8(3)13-11(14-10)9-4-5-12-6-9/h7,9,12H,4-6H2,1-3H3. The Hall–Kier alpha value is -0.410. The molecule has 0 aliphatic carbocycles. The van der Waals surface area contributed by atoms with Gasteiger partial charge in [0, 0.05) is 17.3 Å². The molecule has 1 N–H and O–H groups in total. The first-order valence-corrected chi connectivity index (χ1v) is 6.18. The highest BCUT2D eigenvalue weighted by molar-refractivity contribution is 7.11. The van der Waals surface area contributed by atoms with Crippen molar-refractivity contribution in [2.45, 2.75) is 39.0 Å². The normalized spacial score (nSPS) is 22.1. The van der Waals surface area contributed by atoms with Crippen LogP contribution in [-0.2, 0) is 0 Å². The maximum Gasteiger partial charge on any atom is 0.0975 e. The maximum atomic E-state index is 4.69. The van der Waals surface area contributed by atoms with Gasteiger partial charge in [0.05, 0.1) is 10.7 Å². The summed E-state index contributed by atoms with van der Waals surface area (Å²) in [5.41, 5.74) is 1.24. The molecule has 0 bridgehead atoms. The zero-order chi connectivity index (χ0) is 10.1. The van der Waals surface area contributed by atoms with Gasteiger partial charge in [-0.2, -0.15) is 0 Å². The molecule has 14 heavy (non-hydrogen) atoms. The Morgan fingerprint density at radius 3 is 2.79 bits per heavy atom. The molecular weight excluding hydrogens is 192 g/mol. The minimum atomic E-state index is 0.621. The molecule has 0 radical (unpaired) electrons. The Labute approximate surface area is 89.8 Å². The lowest BCUT2D eigenvalue weighted by Gasteiger charge is -2.02. The van der Waals surface area contributed by atoms with Crippen molar-refractivity contribution >= 4 is 11.3 Å². The average Bonchev–Trinajstić information content (AvgIpc) is 2.70. The summed E-state index contributed by atoms with van der Waals surface area (Å²) in [5.74, 6) is 1.29. The van der Waals surface area contributed by atoms with E-state index in [1.165, 1.54) is 22.0 Å². The number of nitrogens with one attached hydrogen (secondary N) is 1. The summed E-state index contributed by atoms with van der Waals surface area (Å²) in [5, 5.41) is 4.74.